The maximum absolute atomic E-state index is 12.3. The van der Waals surface area contributed by atoms with Gasteiger partial charge in [0.25, 0.3) is 0 Å². The maximum atomic E-state index is 12.3. The lowest BCUT2D eigenvalue weighted by Crippen LogP contribution is -2.34. The van der Waals surface area contributed by atoms with Crippen molar-refractivity contribution >= 4 is 18.0 Å². The Kier molecular flexibility index (Phi) is 9.42. The van der Waals surface area contributed by atoms with Crippen LogP contribution in [0.1, 0.15) is 18.1 Å². The molecule has 2 rings (SSSR count). The van der Waals surface area contributed by atoms with Crippen LogP contribution in [0.2, 0.25) is 0 Å². The summed E-state index contributed by atoms with van der Waals surface area (Å²) in [5, 5.41) is 2.78. The summed E-state index contributed by atoms with van der Waals surface area (Å²) in [7, 11) is 4.58. The Morgan fingerprint density at radius 3 is 2.19 bits per heavy atom. The molecule has 7 heteroatoms. The lowest BCUT2D eigenvalue weighted by atomic mass is 9.99. The van der Waals surface area contributed by atoms with Gasteiger partial charge in [-0.3, -0.25) is 9.59 Å². The summed E-state index contributed by atoms with van der Waals surface area (Å²) in [6.45, 7) is 2.22. The lowest BCUT2D eigenvalue weighted by Gasteiger charge is -2.16. The molecule has 0 aliphatic rings. The summed E-state index contributed by atoms with van der Waals surface area (Å²) in [6, 6.07) is 13.1. The first-order valence-electron chi connectivity index (χ1n) is 9.98. The number of methoxy groups -OCH3 is 3. The van der Waals surface area contributed by atoms with Gasteiger partial charge in [-0.25, -0.2) is 0 Å². The topological polar surface area (TPSA) is 83.1 Å². The largest absolute Gasteiger partial charge is 0.493 e. The summed E-state index contributed by atoms with van der Waals surface area (Å²) in [4.78, 5) is 24.7. The van der Waals surface area contributed by atoms with E-state index in [-0.39, 0.29) is 18.4 Å². The summed E-state index contributed by atoms with van der Waals surface area (Å²) < 4.78 is 21.1. The van der Waals surface area contributed by atoms with E-state index in [1.165, 1.54) is 27.4 Å². The number of carbonyl (C=O) groups is 2. The average molecular weight is 427 g/mol. The molecule has 0 bridgehead atoms. The van der Waals surface area contributed by atoms with Gasteiger partial charge < -0.3 is 24.3 Å². The molecule has 31 heavy (non-hydrogen) atoms. The maximum Gasteiger partial charge on any atom is 0.311 e. The third-order valence-corrected chi connectivity index (χ3v) is 4.58. The van der Waals surface area contributed by atoms with Crippen LogP contribution in [0.4, 0.5) is 0 Å². The molecule has 0 heterocycles. The van der Waals surface area contributed by atoms with Crippen LogP contribution in [0.15, 0.2) is 48.5 Å². The highest BCUT2D eigenvalue weighted by Crippen LogP contribution is 2.38. The van der Waals surface area contributed by atoms with E-state index in [1.807, 2.05) is 30.3 Å². The number of rotatable bonds is 11. The minimum Gasteiger partial charge on any atom is -0.493 e. The van der Waals surface area contributed by atoms with Crippen LogP contribution in [0.3, 0.4) is 0 Å². The number of carbonyl (C=O) groups excluding carboxylic acids is 2. The molecule has 0 saturated heterocycles. The molecule has 0 spiro atoms. The first-order chi connectivity index (χ1) is 15.0. The van der Waals surface area contributed by atoms with Crippen molar-refractivity contribution in [2.75, 3.05) is 34.5 Å². The van der Waals surface area contributed by atoms with Crippen molar-refractivity contribution in [1.82, 2.24) is 5.32 Å². The van der Waals surface area contributed by atoms with Crippen LogP contribution in [-0.4, -0.2) is 46.4 Å². The Labute approximate surface area is 183 Å². The number of hydrogen-bond donors (Lipinski definition) is 1. The highest BCUT2D eigenvalue weighted by atomic mass is 16.5. The third kappa shape index (κ3) is 7.06. The zero-order valence-corrected chi connectivity index (χ0v) is 18.3. The summed E-state index contributed by atoms with van der Waals surface area (Å²) >= 11 is 0. The summed E-state index contributed by atoms with van der Waals surface area (Å²) in [5.74, 6) is 0.335. The Balaban J connectivity index is 2.05. The van der Waals surface area contributed by atoms with Crippen molar-refractivity contribution in [3.63, 3.8) is 0 Å². The predicted molar refractivity (Wildman–Crippen MR) is 118 cm³/mol. The zero-order valence-electron chi connectivity index (χ0n) is 18.3. The minimum atomic E-state index is -0.471. The van der Waals surface area contributed by atoms with Crippen molar-refractivity contribution in [1.29, 1.82) is 0 Å². The van der Waals surface area contributed by atoms with Gasteiger partial charge in [0, 0.05) is 12.6 Å². The second-order valence-corrected chi connectivity index (χ2v) is 6.68. The van der Waals surface area contributed by atoms with E-state index in [0.29, 0.717) is 35.8 Å². The van der Waals surface area contributed by atoms with E-state index < -0.39 is 5.92 Å². The molecule has 0 radical (unpaired) electrons. The fourth-order valence-corrected chi connectivity index (χ4v) is 3.05. The number of nitrogens with one attached hydrogen (secondary N) is 1. The number of amides is 1. The predicted octanol–water partition coefficient (Wildman–Crippen LogP) is 3.26. The number of hydrogen-bond acceptors (Lipinski definition) is 6. The molecule has 1 unspecified atom stereocenters. The molecule has 0 aliphatic heterocycles. The molecular weight excluding hydrogens is 398 g/mol. The number of ether oxygens (including phenoxy) is 4. The molecule has 2 aromatic rings. The Bertz CT molecular complexity index is 869. The molecule has 1 amide bonds. The Morgan fingerprint density at radius 1 is 1.00 bits per heavy atom. The Morgan fingerprint density at radius 2 is 1.65 bits per heavy atom. The smallest absolute Gasteiger partial charge is 0.311 e. The van der Waals surface area contributed by atoms with E-state index >= 15 is 0 Å². The van der Waals surface area contributed by atoms with Crippen molar-refractivity contribution < 1.29 is 28.5 Å². The zero-order chi connectivity index (χ0) is 22.6. The van der Waals surface area contributed by atoms with E-state index in [9.17, 15) is 9.59 Å². The molecular formula is C24H29NO6. The quantitative estimate of drug-likeness (QED) is 0.438. The number of benzene rings is 2. The second-order valence-electron chi connectivity index (χ2n) is 6.68. The molecule has 1 atom stereocenters. The van der Waals surface area contributed by atoms with Crippen LogP contribution in [-0.2, 0) is 20.7 Å². The standard InChI is InChI=1S/C24H29NO6/c1-5-31-24(27)19(13-17-9-7-6-8-10-17)16-25-22(26)12-11-18-14-20(28-2)23(30-4)21(15-18)29-3/h6-12,14-15,19H,5,13,16H2,1-4H3,(H,25,26)/b12-11+. The monoisotopic (exact) mass is 427 g/mol. The van der Waals surface area contributed by atoms with Gasteiger partial charge in [-0.1, -0.05) is 30.3 Å². The van der Waals surface area contributed by atoms with Crippen LogP contribution in [0.25, 0.3) is 6.08 Å². The molecule has 7 nitrogen and oxygen atoms in total. The molecule has 0 saturated carbocycles. The van der Waals surface area contributed by atoms with E-state index in [4.69, 9.17) is 18.9 Å². The molecule has 0 aliphatic carbocycles. The van der Waals surface area contributed by atoms with Crippen molar-refractivity contribution in [3.05, 3.63) is 59.7 Å². The molecule has 0 fully saturated rings. The van der Waals surface area contributed by atoms with E-state index in [1.54, 1.807) is 25.1 Å². The fraction of sp³-hybridized carbons (Fsp3) is 0.333. The summed E-state index contributed by atoms with van der Waals surface area (Å²) in [6.07, 6.45) is 3.51. The lowest BCUT2D eigenvalue weighted by molar-refractivity contribution is -0.147. The Hall–Kier alpha value is -3.48. The van der Waals surface area contributed by atoms with E-state index in [0.717, 1.165) is 5.56 Å². The van der Waals surface area contributed by atoms with Crippen molar-refractivity contribution in [2.45, 2.75) is 13.3 Å². The van der Waals surface area contributed by atoms with Gasteiger partial charge in [-0.05, 0) is 42.7 Å². The fourth-order valence-electron chi connectivity index (χ4n) is 3.05. The average Bonchev–Trinajstić information content (AvgIpc) is 2.80. The van der Waals surface area contributed by atoms with Crippen LogP contribution < -0.4 is 19.5 Å². The van der Waals surface area contributed by atoms with Crippen LogP contribution in [0, 0.1) is 5.92 Å². The van der Waals surface area contributed by atoms with Gasteiger partial charge in [-0.2, -0.15) is 0 Å². The van der Waals surface area contributed by atoms with Gasteiger partial charge in [0.15, 0.2) is 11.5 Å². The molecule has 2 aromatic carbocycles. The first kappa shape index (κ1) is 23.8. The van der Waals surface area contributed by atoms with Crippen LogP contribution >= 0.6 is 0 Å². The van der Waals surface area contributed by atoms with Gasteiger partial charge >= 0.3 is 5.97 Å². The van der Waals surface area contributed by atoms with Crippen molar-refractivity contribution in [2.24, 2.45) is 5.92 Å². The molecule has 0 aromatic heterocycles. The van der Waals surface area contributed by atoms with Gasteiger partial charge in [0.2, 0.25) is 11.7 Å². The second kappa shape index (κ2) is 12.3. The van der Waals surface area contributed by atoms with Gasteiger partial charge in [0.05, 0.1) is 33.9 Å². The third-order valence-electron chi connectivity index (χ3n) is 4.58. The SMILES string of the molecule is CCOC(=O)C(CNC(=O)/C=C/c1cc(OC)c(OC)c(OC)c1)Cc1ccccc1. The molecule has 166 valence electrons. The highest BCUT2D eigenvalue weighted by Gasteiger charge is 2.21. The van der Waals surface area contributed by atoms with Crippen molar-refractivity contribution in [3.8, 4) is 17.2 Å². The number of esters is 1. The normalized spacial score (nSPS) is 11.6. The van der Waals surface area contributed by atoms with E-state index in [2.05, 4.69) is 5.32 Å². The highest BCUT2D eigenvalue weighted by molar-refractivity contribution is 5.92. The summed E-state index contributed by atoms with van der Waals surface area (Å²) in [5.41, 5.74) is 1.71. The van der Waals surface area contributed by atoms with Gasteiger partial charge in [-0.15, -0.1) is 0 Å². The molecule has 1 N–H and O–H groups in total. The minimum absolute atomic E-state index is 0.173. The van der Waals surface area contributed by atoms with Gasteiger partial charge in [0.1, 0.15) is 0 Å². The van der Waals surface area contributed by atoms with Crippen LogP contribution in [0.5, 0.6) is 17.2 Å². The first-order valence-corrected chi connectivity index (χ1v) is 9.98.